The molecule has 148 valence electrons. The van der Waals surface area contributed by atoms with E-state index in [9.17, 15) is 20.4 Å². The molecule has 4 N–H and O–H groups in total. The van der Waals surface area contributed by atoms with E-state index >= 15 is 0 Å². The van der Waals surface area contributed by atoms with Gasteiger partial charge in [0.1, 0.15) is 35.5 Å². The van der Waals surface area contributed by atoms with Gasteiger partial charge in [0.2, 0.25) is 0 Å². The fraction of sp³-hybridized carbons (Fsp3) is 0.550. The molecule has 2 heterocycles. The smallest absolute Gasteiger partial charge is 0.138 e. The number of hydrogen-bond donors (Lipinski definition) is 4. The monoisotopic (exact) mass is 393 g/mol. The zero-order valence-electron chi connectivity index (χ0n) is 15.7. The highest BCUT2D eigenvalue weighted by Gasteiger charge is 2.45. The maximum Gasteiger partial charge on any atom is 0.138 e. The van der Waals surface area contributed by atoms with Gasteiger partial charge in [-0.15, -0.1) is 11.3 Å². The van der Waals surface area contributed by atoms with Crippen LogP contribution < -0.4 is 0 Å². The van der Waals surface area contributed by atoms with Crippen molar-refractivity contribution in [2.24, 2.45) is 0 Å². The predicted octanol–water partition coefficient (Wildman–Crippen LogP) is 1.55. The lowest BCUT2D eigenvalue weighted by Gasteiger charge is -2.39. The van der Waals surface area contributed by atoms with Gasteiger partial charge in [-0.3, -0.25) is 0 Å². The second-order valence-corrected chi connectivity index (χ2v) is 9.18. The highest BCUT2D eigenvalue weighted by molar-refractivity contribution is 7.11. The van der Waals surface area contributed by atoms with E-state index in [1.165, 1.54) is 16.9 Å². The molecule has 0 bridgehead atoms. The number of thiazole rings is 1. The minimum atomic E-state index is -1.39. The fourth-order valence-corrected chi connectivity index (χ4v) is 4.19. The van der Waals surface area contributed by atoms with E-state index in [0.717, 1.165) is 10.4 Å². The predicted molar refractivity (Wildman–Crippen MR) is 103 cm³/mol. The lowest BCUT2D eigenvalue weighted by molar-refractivity contribution is -0.231. The third-order valence-corrected chi connectivity index (χ3v) is 5.96. The Hall–Kier alpha value is -1.35. The molecule has 5 atom stereocenters. The summed E-state index contributed by atoms with van der Waals surface area (Å²) in [6, 6.07) is 8.48. The molecule has 0 amide bonds. The molecular formula is C20H27NO5S. The van der Waals surface area contributed by atoms with Crippen LogP contribution in [0.2, 0.25) is 0 Å². The van der Waals surface area contributed by atoms with Gasteiger partial charge < -0.3 is 25.2 Å². The maximum atomic E-state index is 10.2. The van der Waals surface area contributed by atoms with Crippen molar-refractivity contribution in [1.29, 1.82) is 0 Å². The highest BCUT2D eigenvalue weighted by Crippen LogP contribution is 2.35. The molecule has 1 aliphatic heterocycles. The molecule has 7 heteroatoms. The summed E-state index contributed by atoms with van der Waals surface area (Å²) in [4.78, 5) is 5.34. The summed E-state index contributed by atoms with van der Waals surface area (Å²) in [6.07, 6.45) is -3.40. The molecule has 2 aromatic rings. The lowest BCUT2D eigenvalue weighted by atomic mass is 9.86. The molecule has 1 saturated heterocycles. The average Bonchev–Trinajstić information content (AvgIpc) is 3.08. The minimum Gasteiger partial charge on any atom is -0.394 e. The Morgan fingerprint density at radius 1 is 1.04 bits per heavy atom. The van der Waals surface area contributed by atoms with Crippen molar-refractivity contribution in [2.45, 2.75) is 63.1 Å². The van der Waals surface area contributed by atoms with Gasteiger partial charge in [0.15, 0.2) is 0 Å². The summed E-state index contributed by atoms with van der Waals surface area (Å²) in [7, 11) is 0. The second-order valence-electron chi connectivity index (χ2n) is 8.04. The summed E-state index contributed by atoms with van der Waals surface area (Å²) in [6.45, 7) is 6.09. The number of benzene rings is 1. The molecule has 1 aromatic carbocycles. The van der Waals surface area contributed by atoms with Crippen LogP contribution in [0.1, 0.15) is 47.9 Å². The first-order chi connectivity index (χ1) is 12.7. The maximum absolute atomic E-state index is 10.2. The van der Waals surface area contributed by atoms with E-state index in [1.807, 2.05) is 0 Å². The first-order valence-electron chi connectivity index (χ1n) is 9.05. The molecule has 3 rings (SSSR count). The van der Waals surface area contributed by atoms with Gasteiger partial charge in [0.25, 0.3) is 0 Å². The van der Waals surface area contributed by atoms with Crippen molar-refractivity contribution < 1.29 is 25.2 Å². The Balaban J connectivity index is 1.73. The highest BCUT2D eigenvalue weighted by atomic mass is 32.1. The normalized spacial score (nSPS) is 29.1. The second kappa shape index (κ2) is 7.95. The third kappa shape index (κ3) is 4.39. The zero-order chi connectivity index (χ0) is 19.8. The van der Waals surface area contributed by atoms with Gasteiger partial charge >= 0.3 is 0 Å². The van der Waals surface area contributed by atoms with Crippen LogP contribution in [0.3, 0.4) is 0 Å². The molecule has 0 aliphatic carbocycles. The quantitative estimate of drug-likeness (QED) is 0.628. The van der Waals surface area contributed by atoms with Crippen LogP contribution in [0.15, 0.2) is 30.5 Å². The topological polar surface area (TPSA) is 103 Å². The van der Waals surface area contributed by atoms with E-state index in [-0.39, 0.29) is 5.41 Å². The number of aliphatic hydroxyl groups is 4. The molecule has 1 aliphatic rings. The molecule has 0 saturated carbocycles. The summed E-state index contributed by atoms with van der Waals surface area (Å²) < 4.78 is 5.57. The standard InChI is InChI=1S/C20H27NO5S/c1-20(2,3)12-6-4-11(5-7-12)8-13-9-21-19(27-13)18-17(25)16(24)15(23)14(10-22)26-18/h4-7,9,14-18,22-25H,8,10H2,1-3H3/t14-,15-,16+,17-,18-/m1/s1. The summed E-state index contributed by atoms with van der Waals surface area (Å²) in [5.74, 6) is 0. The van der Waals surface area contributed by atoms with E-state index in [1.54, 1.807) is 6.20 Å². The van der Waals surface area contributed by atoms with Gasteiger partial charge in [-0.25, -0.2) is 4.98 Å². The zero-order valence-corrected chi connectivity index (χ0v) is 16.6. The van der Waals surface area contributed by atoms with Gasteiger partial charge in [0.05, 0.1) is 6.61 Å². The van der Waals surface area contributed by atoms with Crippen molar-refractivity contribution in [2.75, 3.05) is 6.61 Å². The number of hydrogen-bond acceptors (Lipinski definition) is 7. The molecule has 27 heavy (non-hydrogen) atoms. The third-order valence-electron chi connectivity index (χ3n) is 4.91. The SMILES string of the molecule is CC(C)(C)c1ccc(Cc2cnc([C@@H]3O[C@H](CO)[C@@H](O)[C@H](O)[C@H]3O)s2)cc1. The van der Waals surface area contributed by atoms with Gasteiger partial charge in [0, 0.05) is 17.5 Å². The summed E-state index contributed by atoms with van der Waals surface area (Å²) in [5.41, 5.74) is 2.55. The van der Waals surface area contributed by atoms with Crippen LogP contribution in [0.5, 0.6) is 0 Å². The molecular weight excluding hydrogens is 366 g/mol. The van der Waals surface area contributed by atoms with Crippen LogP contribution in [0, 0.1) is 0 Å². The lowest BCUT2D eigenvalue weighted by Crippen LogP contribution is -2.55. The number of nitrogens with zero attached hydrogens (tertiary/aromatic N) is 1. The molecule has 6 nitrogen and oxygen atoms in total. The van der Waals surface area contributed by atoms with Crippen LogP contribution in [0.25, 0.3) is 0 Å². The molecule has 0 unspecified atom stereocenters. The largest absolute Gasteiger partial charge is 0.394 e. The molecule has 1 fully saturated rings. The average molecular weight is 394 g/mol. The Kier molecular flexibility index (Phi) is 6.00. The number of aromatic nitrogens is 1. The van der Waals surface area contributed by atoms with E-state index < -0.39 is 37.1 Å². The molecule has 0 spiro atoms. The van der Waals surface area contributed by atoms with Crippen molar-refractivity contribution in [1.82, 2.24) is 4.98 Å². The van der Waals surface area contributed by atoms with Gasteiger partial charge in [-0.2, -0.15) is 0 Å². The Labute approximate surface area is 163 Å². The summed E-state index contributed by atoms with van der Waals surface area (Å²) >= 11 is 1.39. The molecule has 1 aromatic heterocycles. The fourth-order valence-electron chi connectivity index (χ4n) is 3.17. The van der Waals surface area contributed by atoms with Crippen LogP contribution in [-0.4, -0.2) is 56.4 Å². The summed E-state index contributed by atoms with van der Waals surface area (Å²) in [5, 5.41) is 39.9. The molecule has 0 radical (unpaired) electrons. The van der Waals surface area contributed by atoms with Gasteiger partial charge in [-0.05, 0) is 16.5 Å². The van der Waals surface area contributed by atoms with Crippen LogP contribution in [0.4, 0.5) is 0 Å². The first kappa shape index (κ1) is 20.4. The van der Waals surface area contributed by atoms with Gasteiger partial charge in [-0.1, -0.05) is 45.0 Å². The number of ether oxygens (including phenoxy) is 1. The van der Waals surface area contributed by atoms with Crippen molar-refractivity contribution in [3.05, 3.63) is 51.5 Å². The minimum absolute atomic E-state index is 0.110. The Morgan fingerprint density at radius 2 is 1.70 bits per heavy atom. The first-order valence-corrected chi connectivity index (χ1v) is 9.87. The Morgan fingerprint density at radius 3 is 2.30 bits per heavy atom. The van der Waals surface area contributed by atoms with Crippen molar-refractivity contribution >= 4 is 11.3 Å². The van der Waals surface area contributed by atoms with Crippen LogP contribution in [-0.2, 0) is 16.6 Å². The number of rotatable bonds is 4. The van der Waals surface area contributed by atoms with Crippen LogP contribution >= 0.6 is 11.3 Å². The van der Waals surface area contributed by atoms with E-state index in [0.29, 0.717) is 11.4 Å². The van der Waals surface area contributed by atoms with E-state index in [4.69, 9.17) is 4.74 Å². The Bertz CT molecular complexity index is 752. The number of aliphatic hydroxyl groups excluding tert-OH is 4. The van der Waals surface area contributed by atoms with Crippen molar-refractivity contribution in [3.8, 4) is 0 Å². The van der Waals surface area contributed by atoms with Crippen molar-refractivity contribution in [3.63, 3.8) is 0 Å². The van der Waals surface area contributed by atoms with E-state index in [2.05, 4.69) is 50.0 Å².